The molecule has 5 heteroatoms. The first-order chi connectivity index (χ1) is 11.4. The third kappa shape index (κ3) is 4.19. The molecule has 0 aliphatic rings. The minimum atomic E-state index is -0.248. The first-order valence-electron chi connectivity index (χ1n) is 7.81. The van der Waals surface area contributed by atoms with Gasteiger partial charge in [0.15, 0.2) is 11.5 Å². The van der Waals surface area contributed by atoms with Gasteiger partial charge in [0.25, 0.3) is 0 Å². The van der Waals surface area contributed by atoms with Crippen LogP contribution in [0.5, 0.6) is 11.5 Å². The van der Waals surface area contributed by atoms with E-state index in [-0.39, 0.29) is 12.1 Å². The van der Waals surface area contributed by atoms with E-state index in [1.807, 2.05) is 57.2 Å². The molecule has 2 aromatic carbocycles. The molecule has 0 radical (unpaired) electrons. The second-order valence-corrected chi connectivity index (χ2v) is 5.75. The third-order valence-corrected chi connectivity index (χ3v) is 3.86. The van der Waals surface area contributed by atoms with E-state index in [1.54, 1.807) is 14.2 Å². The fraction of sp³-hybridized carbons (Fsp3) is 0.316. The van der Waals surface area contributed by atoms with Gasteiger partial charge in [0.2, 0.25) is 0 Å². The summed E-state index contributed by atoms with van der Waals surface area (Å²) in [6.45, 7) is 5.90. The maximum Gasteiger partial charge on any atom is 0.319 e. The Bertz CT molecular complexity index is 729. The zero-order chi connectivity index (χ0) is 17.7. The van der Waals surface area contributed by atoms with Gasteiger partial charge in [-0.15, -0.1) is 0 Å². The molecule has 5 nitrogen and oxygen atoms in total. The molecule has 0 fully saturated rings. The van der Waals surface area contributed by atoms with E-state index in [9.17, 15) is 4.79 Å². The standard InChI is InChI=1S/C19H24N2O3/c1-12-7-6-8-15(9-12)21-19(22)20-14(3)16-11-18(24-5)17(23-4)10-13(16)2/h6-11,14H,1-5H3,(H2,20,21,22)/t14-/m1/s1. The van der Waals surface area contributed by atoms with Crippen LogP contribution in [0.25, 0.3) is 0 Å². The van der Waals surface area contributed by atoms with Crippen molar-refractivity contribution in [3.63, 3.8) is 0 Å². The molecule has 0 spiro atoms. The number of carbonyl (C=O) groups is 1. The summed E-state index contributed by atoms with van der Waals surface area (Å²) in [7, 11) is 3.20. The minimum Gasteiger partial charge on any atom is -0.493 e. The molecule has 0 bridgehead atoms. The molecule has 128 valence electrons. The lowest BCUT2D eigenvalue weighted by molar-refractivity contribution is 0.249. The molecule has 0 saturated carbocycles. The van der Waals surface area contributed by atoms with Crippen LogP contribution in [-0.4, -0.2) is 20.3 Å². The Labute approximate surface area is 143 Å². The average molecular weight is 328 g/mol. The smallest absolute Gasteiger partial charge is 0.319 e. The number of benzene rings is 2. The molecule has 0 aromatic heterocycles. The van der Waals surface area contributed by atoms with Crippen molar-refractivity contribution in [1.29, 1.82) is 0 Å². The van der Waals surface area contributed by atoms with Crippen LogP contribution in [0, 0.1) is 13.8 Å². The molecule has 2 aromatic rings. The quantitative estimate of drug-likeness (QED) is 0.864. The zero-order valence-electron chi connectivity index (χ0n) is 14.8. The highest BCUT2D eigenvalue weighted by Gasteiger charge is 2.15. The van der Waals surface area contributed by atoms with E-state index < -0.39 is 0 Å². The molecule has 0 aliphatic carbocycles. The Hall–Kier alpha value is -2.69. The SMILES string of the molecule is COc1cc(C)c([C@@H](C)NC(=O)Nc2cccc(C)c2)cc1OC. The van der Waals surface area contributed by atoms with Gasteiger partial charge in [-0.1, -0.05) is 12.1 Å². The van der Waals surface area contributed by atoms with Crippen LogP contribution < -0.4 is 20.1 Å². The van der Waals surface area contributed by atoms with Crippen molar-refractivity contribution in [2.75, 3.05) is 19.5 Å². The van der Waals surface area contributed by atoms with Gasteiger partial charge in [0.05, 0.1) is 20.3 Å². The molecule has 2 rings (SSSR count). The number of hydrogen-bond acceptors (Lipinski definition) is 3. The van der Waals surface area contributed by atoms with Gasteiger partial charge in [-0.25, -0.2) is 4.79 Å². The van der Waals surface area contributed by atoms with E-state index in [1.165, 1.54) is 0 Å². The lowest BCUT2D eigenvalue weighted by atomic mass is 10.0. The predicted molar refractivity (Wildman–Crippen MR) is 96.0 cm³/mol. The number of hydrogen-bond donors (Lipinski definition) is 2. The Kier molecular flexibility index (Phi) is 5.68. The van der Waals surface area contributed by atoms with Crippen LogP contribution in [0.4, 0.5) is 10.5 Å². The number of methoxy groups -OCH3 is 2. The van der Waals surface area contributed by atoms with Gasteiger partial charge in [-0.3, -0.25) is 0 Å². The molecule has 24 heavy (non-hydrogen) atoms. The van der Waals surface area contributed by atoms with Crippen molar-refractivity contribution in [3.05, 3.63) is 53.1 Å². The van der Waals surface area contributed by atoms with Crippen LogP contribution in [0.3, 0.4) is 0 Å². The minimum absolute atomic E-state index is 0.172. The summed E-state index contributed by atoms with van der Waals surface area (Å²) >= 11 is 0. The first kappa shape index (κ1) is 17.7. The molecule has 1 atom stereocenters. The molecule has 0 aliphatic heterocycles. The fourth-order valence-corrected chi connectivity index (χ4v) is 2.63. The molecular formula is C19H24N2O3. The summed E-state index contributed by atoms with van der Waals surface area (Å²) in [6, 6.07) is 11.1. The van der Waals surface area contributed by atoms with Crippen LogP contribution >= 0.6 is 0 Å². The van der Waals surface area contributed by atoms with E-state index in [0.29, 0.717) is 11.5 Å². The Morgan fingerprint density at radius 2 is 1.71 bits per heavy atom. The highest BCUT2D eigenvalue weighted by molar-refractivity contribution is 5.89. The van der Waals surface area contributed by atoms with Gasteiger partial charge < -0.3 is 20.1 Å². The molecule has 0 heterocycles. The molecule has 2 N–H and O–H groups in total. The normalized spacial score (nSPS) is 11.5. The highest BCUT2D eigenvalue weighted by Crippen LogP contribution is 2.32. The van der Waals surface area contributed by atoms with Gasteiger partial charge in [-0.05, 0) is 61.7 Å². The van der Waals surface area contributed by atoms with Crippen LogP contribution in [0.15, 0.2) is 36.4 Å². The number of nitrogens with one attached hydrogen (secondary N) is 2. The van der Waals surface area contributed by atoms with Gasteiger partial charge in [0.1, 0.15) is 0 Å². The molecule has 0 saturated heterocycles. The summed E-state index contributed by atoms with van der Waals surface area (Å²) in [5, 5.41) is 5.80. The summed E-state index contributed by atoms with van der Waals surface area (Å²) in [5.74, 6) is 1.32. The van der Waals surface area contributed by atoms with Crippen molar-refractivity contribution in [2.45, 2.75) is 26.8 Å². The predicted octanol–water partition coefficient (Wildman–Crippen LogP) is 4.20. The largest absolute Gasteiger partial charge is 0.493 e. The number of urea groups is 1. The number of rotatable bonds is 5. The van der Waals surface area contributed by atoms with Gasteiger partial charge >= 0.3 is 6.03 Å². The highest BCUT2D eigenvalue weighted by atomic mass is 16.5. The number of aryl methyl sites for hydroxylation is 2. The summed E-state index contributed by atoms with van der Waals surface area (Å²) in [5.41, 5.74) is 3.86. The number of anilines is 1. The number of ether oxygens (including phenoxy) is 2. The lowest BCUT2D eigenvalue weighted by Gasteiger charge is -2.19. The van der Waals surface area contributed by atoms with Gasteiger partial charge in [0, 0.05) is 5.69 Å². The van der Waals surface area contributed by atoms with Crippen molar-refractivity contribution in [1.82, 2.24) is 5.32 Å². The maximum atomic E-state index is 12.2. The number of amides is 2. The van der Waals surface area contributed by atoms with Crippen LogP contribution in [0.2, 0.25) is 0 Å². The van der Waals surface area contributed by atoms with Crippen molar-refractivity contribution in [3.8, 4) is 11.5 Å². The van der Waals surface area contributed by atoms with E-state index in [4.69, 9.17) is 9.47 Å². The Balaban J connectivity index is 2.11. The monoisotopic (exact) mass is 328 g/mol. The topological polar surface area (TPSA) is 59.6 Å². The van der Waals surface area contributed by atoms with Gasteiger partial charge in [-0.2, -0.15) is 0 Å². The fourth-order valence-electron chi connectivity index (χ4n) is 2.63. The number of carbonyl (C=O) groups excluding carboxylic acids is 1. The Morgan fingerprint density at radius 3 is 2.33 bits per heavy atom. The third-order valence-electron chi connectivity index (χ3n) is 3.86. The second-order valence-electron chi connectivity index (χ2n) is 5.75. The van der Waals surface area contributed by atoms with Crippen molar-refractivity contribution < 1.29 is 14.3 Å². The lowest BCUT2D eigenvalue weighted by Crippen LogP contribution is -2.31. The zero-order valence-corrected chi connectivity index (χ0v) is 14.8. The molecule has 2 amide bonds. The summed E-state index contributed by atoms with van der Waals surface area (Å²) in [4.78, 5) is 12.2. The second kappa shape index (κ2) is 7.73. The van der Waals surface area contributed by atoms with Crippen LogP contribution in [0.1, 0.15) is 29.7 Å². The van der Waals surface area contributed by atoms with E-state index >= 15 is 0 Å². The van der Waals surface area contributed by atoms with Crippen molar-refractivity contribution in [2.24, 2.45) is 0 Å². The summed E-state index contributed by atoms with van der Waals surface area (Å²) in [6.07, 6.45) is 0. The van der Waals surface area contributed by atoms with E-state index in [2.05, 4.69) is 10.6 Å². The van der Waals surface area contributed by atoms with Crippen LogP contribution in [-0.2, 0) is 0 Å². The average Bonchev–Trinajstić information content (AvgIpc) is 2.54. The first-order valence-corrected chi connectivity index (χ1v) is 7.81. The Morgan fingerprint density at radius 1 is 1.04 bits per heavy atom. The molecular weight excluding hydrogens is 304 g/mol. The van der Waals surface area contributed by atoms with Crippen molar-refractivity contribution >= 4 is 11.7 Å². The van der Waals surface area contributed by atoms with E-state index in [0.717, 1.165) is 22.4 Å². The summed E-state index contributed by atoms with van der Waals surface area (Å²) < 4.78 is 10.6. The molecule has 0 unspecified atom stereocenters. The maximum absolute atomic E-state index is 12.2.